The summed E-state index contributed by atoms with van der Waals surface area (Å²) in [6.45, 7) is 0.203. The van der Waals surface area contributed by atoms with Crippen LogP contribution >= 0.6 is 0 Å². The fraction of sp³-hybridized carbons (Fsp3) is 0.167. The van der Waals surface area contributed by atoms with Gasteiger partial charge in [0.2, 0.25) is 23.6 Å². The summed E-state index contributed by atoms with van der Waals surface area (Å²) in [4.78, 5) is 13.1. The zero-order chi connectivity index (χ0) is 20.4. The Hall–Kier alpha value is -3.12. The molecule has 0 unspecified atom stereocenters. The summed E-state index contributed by atoms with van der Waals surface area (Å²) in [6.07, 6.45) is 1.92. The van der Waals surface area contributed by atoms with Gasteiger partial charge in [-0.3, -0.25) is 4.79 Å². The standard InChI is InChI=1S/C24H22NO4.BrH/c1-27-22-13-17(14-23(28-2)24(22)29-3)21(26)15-25-12-6-9-19-18-8-5-4-7-16(18)10-11-20(19)25;/h4-14H,15H2,1-3H3;1H/q+1;/p-1. The van der Waals surface area contributed by atoms with Crippen molar-refractivity contribution in [3.63, 3.8) is 0 Å². The van der Waals surface area contributed by atoms with Crippen molar-refractivity contribution in [3.8, 4) is 17.2 Å². The van der Waals surface area contributed by atoms with Crippen LogP contribution in [0.5, 0.6) is 17.2 Å². The predicted octanol–water partition coefficient (Wildman–Crippen LogP) is 1.19. The van der Waals surface area contributed by atoms with Gasteiger partial charge in [-0.1, -0.05) is 24.3 Å². The zero-order valence-electron chi connectivity index (χ0n) is 17.0. The van der Waals surface area contributed by atoms with Gasteiger partial charge < -0.3 is 31.2 Å². The van der Waals surface area contributed by atoms with Crippen molar-refractivity contribution in [2.45, 2.75) is 6.54 Å². The first kappa shape index (κ1) is 21.6. The zero-order valence-corrected chi connectivity index (χ0v) is 18.6. The number of fused-ring (bicyclic) bond motifs is 3. The highest BCUT2D eigenvalue weighted by molar-refractivity contribution is 6.05. The van der Waals surface area contributed by atoms with E-state index in [4.69, 9.17) is 14.2 Å². The van der Waals surface area contributed by atoms with Gasteiger partial charge in [0.25, 0.3) is 0 Å². The molecule has 154 valence electrons. The third-order valence-electron chi connectivity index (χ3n) is 5.09. The Morgan fingerprint density at radius 3 is 2.17 bits per heavy atom. The molecule has 0 saturated heterocycles. The molecule has 30 heavy (non-hydrogen) atoms. The monoisotopic (exact) mass is 467 g/mol. The fourth-order valence-corrected chi connectivity index (χ4v) is 3.66. The van der Waals surface area contributed by atoms with Crippen LogP contribution in [0, 0.1) is 0 Å². The van der Waals surface area contributed by atoms with Crippen LogP contribution in [0.25, 0.3) is 21.7 Å². The van der Waals surface area contributed by atoms with Gasteiger partial charge in [0.1, 0.15) is 0 Å². The first-order chi connectivity index (χ1) is 14.2. The minimum atomic E-state index is -0.0464. The molecule has 0 spiro atoms. The molecular formula is C24H22BrNO4. The maximum atomic E-state index is 13.1. The van der Waals surface area contributed by atoms with Crippen LogP contribution in [-0.2, 0) is 6.54 Å². The fourth-order valence-electron chi connectivity index (χ4n) is 3.66. The third kappa shape index (κ3) is 3.83. The lowest BCUT2D eigenvalue weighted by Crippen LogP contribution is -3.00. The lowest BCUT2D eigenvalue weighted by Gasteiger charge is -2.13. The summed E-state index contributed by atoms with van der Waals surface area (Å²) >= 11 is 0. The maximum absolute atomic E-state index is 13.1. The Kier molecular flexibility index (Phi) is 6.57. The van der Waals surface area contributed by atoms with Gasteiger partial charge in [0.05, 0.1) is 26.7 Å². The molecule has 0 saturated carbocycles. The van der Waals surface area contributed by atoms with Crippen molar-refractivity contribution in [1.29, 1.82) is 0 Å². The van der Waals surface area contributed by atoms with Crippen molar-refractivity contribution in [1.82, 2.24) is 0 Å². The number of ether oxygens (including phenoxy) is 3. The number of ketones is 1. The van der Waals surface area contributed by atoms with E-state index in [1.54, 1.807) is 12.1 Å². The summed E-state index contributed by atoms with van der Waals surface area (Å²) < 4.78 is 18.1. The number of benzene rings is 3. The summed E-state index contributed by atoms with van der Waals surface area (Å²) in [5.41, 5.74) is 1.51. The minimum absolute atomic E-state index is 0. The molecule has 0 aliphatic heterocycles. The number of halogens is 1. The van der Waals surface area contributed by atoms with Crippen LogP contribution in [0.15, 0.2) is 66.9 Å². The molecule has 1 aromatic heterocycles. The second-order valence-corrected chi connectivity index (χ2v) is 6.69. The third-order valence-corrected chi connectivity index (χ3v) is 5.09. The molecule has 0 amide bonds. The summed E-state index contributed by atoms with van der Waals surface area (Å²) in [7, 11) is 4.62. The maximum Gasteiger partial charge on any atom is 0.227 e. The molecule has 0 fully saturated rings. The second kappa shape index (κ2) is 9.13. The van der Waals surface area contributed by atoms with Gasteiger partial charge in [0.15, 0.2) is 17.7 Å². The van der Waals surface area contributed by atoms with Gasteiger partial charge in [-0.15, -0.1) is 0 Å². The van der Waals surface area contributed by atoms with Crippen LogP contribution in [-0.4, -0.2) is 27.1 Å². The number of hydrogen-bond acceptors (Lipinski definition) is 4. The molecule has 5 nitrogen and oxygen atoms in total. The van der Waals surface area contributed by atoms with E-state index in [2.05, 4.69) is 30.3 Å². The van der Waals surface area contributed by atoms with E-state index in [0.717, 1.165) is 10.9 Å². The van der Waals surface area contributed by atoms with Crippen molar-refractivity contribution in [3.05, 3.63) is 72.4 Å². The quantitative estimate of drug-likeness (QED) is 0.243. The molecule has 3 aromatic carbocycles. The number of carbonyl (C=O) groups is 1. The van der Waals surface area contributed by atoms with Crippen molar-refractivity contribution >= 4 is 27.5 Å². The van der Waals surface area contributed by atoms with E-state index < -0.39 is 0 Å². The van der Waals surface area contributed by atoms with E-state index in [1.165, 1.54) is 32.1 Å². The first-order valence-electron chi connectivity index (χ1n) is 9.29. The highest BCUT2D eigenvalue weighted by Gasteiger charge is 2.21. The lowest BCUT2D eigenvalue weighted by atomic mass is 10.0. The normalized spacial score (nSPS) is 10.5. The van der Waals surface area contributed by atoms with Crippen molar-refractivity contribution in [2.24, 2.45) is 0 Å². The summed E-state index contributed by atoms with van der Waals surface area (Å²) in [6, 6.07) is 19.8. The van der Waals surface area contributed by atoms with Crippen LogP contribution in [0.2, 0.25) is 0 Å². The van der Waals surface area contributed by atoms with E-state index >= 15 is 0 Å². The number of methoxy groups -OCH3 is 3. The molecule has 6 heteroatoms. The van der Waals surface area contributed by atoms with E-state index in [1.807, 2.05) is 29.0 Å². The molecule has 0 aliphatic rings. The number of hydrogen-bond donors (Lipinski definition) is 0. The van der Waals surface area contributed by atoms with Gasteiger partial charge in [-0.25, -0.2) is 0 Å². The summed E-state index contributed by atoms with van der Waals surface area (Å²) in [5.74, 6) is 1.35. The Morgan fingerprint density at radius 1 is 0.833 bits per heavy atom. The molecule has 0 bridgehead atoms. The lowest BCUT2D eigenvalue weighted by molar-refractivity contribution is -0.657. The number of nitrogens with zero attached hydrogens (tertiary/aromatic N) is 1. The van der Waals surface area contributed by atoms with Crippen LogP contribution in [0.4, 0.5) is 0 Å². The van der Waals surface area contributed by atoms with Crippen molar-refractivity contribution < 1.29 is 40.6 Å². The van der Waals surface area contributed by atoms with Gasteiger partial charge in [-0.05, 0) is 35.0 Å². The van der Waals surface area contributed by atoms with Gasteiger partial charge in [-0.2, -0.15) is 4.57 Å². The molecule has 0 atom stereocenters. The Balaban J connectivity index is 0.00000256. The topological polar surface area (TPSA) is 48.6 Å². The Labute approximate surface area is 185 Å². The minimum Gasteiger partial charge on any atom is -1.00 e. The highest BCUT2D eigenvalue weighted by atomic mass is 79.9. The molecule has 0 aliphatic carbocycles. The SMILES string of the molecule is COc1cc(C(=O)C[n+]2cccc3c4ccccc4ccc32)cc(OC)c1OC.[Br-]. The number of rotatable bonds is 6. The first-order valence-corrected chi connectivity index (χ1v) is 9.29. The van der Waals surface area contributed by atoms with Gasteiger partial charge in [0, 0.05) is 17.7 Å². The predicted molar refractivity (Wildman–Crippen MR) is 112 cm³/mol. The number of Topliss-reactive ketones (excluding diaryl/α,β-unsaturated/α-hetero) is 1. The van der Waals surface area contributed by atoms with Crippen LogP contribution in [0.3, 0.4) is 0 Å². The number of carbonyl (C=O) groups excluding carboxylic acids is 1. The largest absolute Gasteiger partial charge is 1.00 e. The molecule has 4 rings (SSSR count). The average molecular weight is 468 g/mol. The molecule has 1 heterocycles. The average Bonchev–Trinajstić information content (AvgIpc) is 2.77. The number of aromatic nitrogens is 1. The van der Waals surface area contributed by atoms with E-state index in [9.17, 15) is 4.79 Å². The van der Waals surface area contributed by atoms with Crippen LogP contribution in [0.1, 0.15) is 10.4 Å². The van der Waals surface area contributed by atoms with Crippen LogP contribution < -0.4 is 35.8 Å². The highest BCUT2D eigenvalue weighted by Crippen LogP contribution is 2.38. The smallest absolute Gasteiger partial charge is 0.227 e. The molecular weight excluding hydrogens is 446 g/mol. The number of pyridine rings is 1. The molecule has 4 aromatic rings. The summed E-state index contributed by atoms with van der Waals surface area (Å²) in [5, 5.41) is 3.46. The van der Waals surface area contributed by atoms with Gasteiger partial charge >= 0.3 is 0 Å². The Bertz CT molecular complexity index is 1200. The van der Waals surface area contributed by atoms with Crippen molar-refractivity contribution in [2.75, 3.05) is 21.3 Å². The Morgan fingerprint density at radius 2 is 1.50 bits per heavy atom. The molecule has 0 radical (unpaired) electrons. The van der Waals surface area contributed by atoms with E-state index in [0.29, 0.717) is 22.8 Å². The molecule has 0 N–H and O–H groups in total. The van der Waals surface area contributed by atoms with E-state index in [-0.39, 0.29) is 29.3 Å². The second-order valence-electron chi connectivity index (χ2n) is 6.69.